The average molecular weight is 299 g/mol. The van der Waals surface area contributed by atoms with E-state index in [1.54, 1.807) is 7.11 Å². The van der Waals surface area contributed by atoms with E-state index in [4.69, 9.17) is 17.0 Å². The highest BCUT2D eigenvalue weighted by Crippen LogP contribution is 2.27. The molecule has 1 heterocycles. The van der Waals surface area contributed by atoms with E-state index in [-0.39, 0.29) is 0 Å². The van der Waals surface area contributed by atoms with Crippen molar-refractivity contribution in [3.05, 3.63) is 39.3 Å². The Bertz CT molecular complexity index is 574. The topological polar surface area (TPSA) is 29.9 Å². The molecule has 0 aliphatic rings. The zero-order chi connectivity index (χ0) is 11.7. The molecule has 0 aliphatic carbocycles. The third kappa shape index (κ3) is 1.92. The highest BCUT2D eigenvalue weighted by atomic mass is 79.9. The zero-order valence-corrected chi connectivity index (χ0v) is 11.4. The molecule has 1 aromatic carbocycles. The van der Waals surface area contributed by atoms with E-state index >= 15 is 0 Å². The summed E-state index contributed by atoms with van der Waals surface area (Å²) in [6, 6.07) is 5.83. The summed E-state index contributed by atoms with van der Waals surface area (Å²) in [6.07, 6.45) is 1.88. The van der Waals surface area contributed by atoms with E-state index in [0.717, 1.165) is 21.6 Å². The first kappa shape index (κ1) is 11.4. The molecule has 2 aromatic rings. The molecule has 0 spiro atoms. The number of benzene rings is 1. The van der Waals surface area contributed by atoms with E-state index in [9.17, 15) is 0 Å². The van der Waals surface area contributed by atoms with E-state index in [2.05, 4.69) is 20.9 Å². The Labute approximate surface area is 107 Å². The number of nitrogens with zero attached hydrogens (tertiary/aromatic N) is 1. The van der Waals surface area contributed by atoms with Crippen LogP contribution in [0.25, 0.3) is 5.69 Å². The molecule has 0 aliphatic heterocycles. The van der Waals surface area contributed by atoms with Crippen LogP contribution in [0.2, 0.25) is 0 Å². The lowest BCUT2D eigenvalue weighted by Crippen LogP contribution is -1.99. The maximum absolute atomic E-state index is 5.33. The standard InChI is InChI=1S/C11H11BrN2OS/c1-7-6-13-11(16)14(7)9-5-8(12)3-4-10(9)15-2/h3-6H,1-2H3,(H,13,16). The largest absolute Gasteiger partial charge is 0.495 e. The van der Waals surface area contributed by atoms with Gasteiger partial charge in [0.15, 0.2) is 4.77 Å². The second-order valence-corrected chi connectivity index (χ2v) is 4.69. The second-order valence-electron chi connectivity index (χ2n) is 3.39. The minimum absolute atomic E-state index is 0.661. The average Bonchev–Trinajstić information content (AvgIpc) is 2.58. The molecule has 5 heteroatoms. The van der Waals surface area contributed by atoms with Crippen LogP contribution in [0.3, 0.4) is 0 Å². The van der Waals surface area contributed by atoms with Gasteiger partial charge in [0.2, 0.25) is 0 Å². The summed E-state index contributed by atoms with van der Waals surface area (Å²) >= 11 is 8.69. The lowest BCUT2D eigenvalue weighted by atomic mass is 10.3. The van der Waals surface area contributed by atoms with E-state index in [1.165, 1.54) is 0 Å². The number of methoxy groups -OCH3 is 1. The lowest BCUT2D eigenvalue weighted by Gasteiger charge is -2.11. The summed E-state index contributed by atoms with van der Waals surface area (Å²) in [5, 5.41) is 0. The number of aromatic amines is 1. The molecule has 0 unspecified atom stereocenters. The Morgan fingerprint density at radius 1 is 1.44 bits per heavy atom. The van der Waals surface area contributed by atoms with Crippen molar-refractivity contribution >= 4 is 28.1 Å². The molecule has 0 fully saturated rings. The van der Waals surface area contributed by atoms with Gasteiger partial charge in [-0.25, -0.2) is 0 Å². The number of halogens is 1. The van der Waals surface area contributed by atoms with Gasteiger partial charge in [-0.05, 0) is 37.3 Å². The smallest absolute Gasteiger partial charge is 0.182 e. The van der Waals surface area contributed by atoms with Gasteiger partial charge in [0.05, 0.1) is 12.8 Å². The number of nitrogens with one attached hydrogen (secondary N) is 1. The fourth-order valence-electron chi connectivity index (χ4n) is 1.59. The zero-order valence-electron chi connectivity index (χ0n) is 8.95. The van der Waals surface area contributed by atoms with Gasteiger partial charge in [0.25, 0.3) is 0 Å². The number of ether oxygens (including phenoxy) is 1. The number of hydrogen-bond acceptors (Lipinski definition) is 2. The molecule has 16 heavy (non-hydrogen) atoms. The van der Waals surface area contributed by atoms with Crippen LogP contribution in [0.15, 0.2) is 28.9 Å². The SMILES string of the molecule is COc1ccc(Br)cc1-n1c(C)c[nH]c1=S. The van der Waals surface area contributed by atoms with Gasteiger partial charge in [0, 0.05) is 16.4 Å². The predicted octanol–water partition coefficient (Wildman–Crippen LogP) is 3.61. The fraction of sp³-hybridized carbons (Fsp3) is 0.182. The molecule has 3 nitrogen and oxygen atoms in total. The summed E-state index contributed by atoms with van der Waals surface area (Å²) in [5.74, 6) is 0.794. The first-order valence-electron chi connectivity index (χ1n) is 4.74. The van der Waals surface area contributed by atoms with Crippen molar-refractivity contribution in [2.45, 2.75) is 6.92 Å². The van der Waals surface area contributed by atoms with Gasteiger partial charge in [-0.3, -0.25) is 4.57 Å². The fourth-order valence-corrected chi connectivity index (χ4v) is 2.24. The quantitative estimate of drug-likeness (QED) is 0.858. The predicted molar refractivity (Wildman–Crippen MR) is 69.9 cm³/mol. The Balaban J connectivity index is 2.72. The van der Waals surface area contributed by atoms with Gasteiger partial charge in [-0.1, -0.05) is 15.9 Å². The van der Waals surface area contributed by atoms with E-state index < -0.39 is 0 Å². The molecule has 0 saturated carbocycles. The summed E-state index contributed by atoms with van der Waals surface area (Å²) in [6.45, 7) is 1.99. The van der Waals surface area contributed by atoms with Crippen LogP contribution in [0.4, 0.5) is 0 Å². The summed E-state index contributed by atoms with van der Waals surface area (Å²) in [5.41, 5.74) is 1.97. The van der Waals surface area contributed by atoms with Crippen LogP contribution >= 0.6 is 28.1 Å². The molecule has 1 aromatic heterocycles. The van der Waals surface area contributed by atoms with Crippen LogP contribution in [0, 0.1) is 11.7 Å². The van der Waals surface area contributed by atoms with E-state index in [1.807, 2.05) is 35.9 Å². The van der Waals surface area contributed by atoms with Crippen molar-refractivity contribution in [2.24, 2.45) is 0 Å². The number of imidazole rings is 1. The molecule has 84 valence electrons. The highest BCUT2D eigenvalue weighted by Gasteiger charge is 2.09. The molecule has 0 bridgehead atoms. The first-order chi connectivity index (χ1) is 7.63. The third-order valence-corrected chi connectivity index (χ3v) is 3.14. The summed E-state index contributed by atoms with van der Waals surface area (Å²) in [4.78, 5) is 3.01. The molecule has 1 N–H and O–H groups in total. The van der Waals surface area contributed by atoms with Crippen molar-refractivity contribution in [2.75, 3.05) is 7.11 Å². The Hall–Kier alpha value is -1.07. The molecule has 0 saturated heterocycles. The normalized spacial score (nSPS) is 10.4. The number of hydrogen-bond donors (Lipinski definition) is 1. The molecule has 2 rings (SSSR count). The summed E-state index contributed by atoms with van der Waals surface area (Å²) in [7, 11) is 1.65. The minimum atomic E-state index is 0.661. The molecular formula is C11H11BrN2OS. The third-order valence-electron chi connectivity index (χ3n) is 2.34. The number of rotatable bonds is 2. The summed E-state index contributed by atoms with van der Waals surface area (Å²) < 4.78 is 8.93. The van der Waals surface area contributed by atoms with Crippen molar-refractivity contribution in [3.63, 3.8) is 0 Å². The molecule has 0 amide bonds. The van der Waals surface area contributed by atoms with Crippen LogP contribution in [0.5, 0.6) is 5.75 Å². The number of aromatic nitrogens is 2. The van der Waals surface area contributed by atoms with E-state index in [0.29, 0.717) is 4.77 Å². The van der Waals surface area contributed by atoms with Gasteiger partial charge in [-0.2, -0.15) is 0 Å². The maximum Gasteiger partial charge on any atom is 0.182 e. The molecule has 0 atom stereocenters. The van der Waals surface area contributed by atoms with Crippen molar-refractivity contribution in [3.8, 4) is 11.4 Å². The highest BCUT2D eigenvalue weighted by molar-refractivity contribution is 9.10. The van der Waals surface area contributed by atoms with Gasteiger partial charge in [-0.15, -0.1) is 0 Å². The minimum Gasteiger partial charge on any atom is -0.495 e. The maximum atomic E-state index is 5.33. The van der Waals surface area contributed by atoms with Gasteiger partial charge in [0.1, 0.15) is 5.75 Å². The first-order valence-corrected chi connectivity index (χ1v) is 5.94. The lowest BCUT2D eigenvalue weighted by molar-refractivity contribution is 0.412. The Kier molecular flexibility index (Phi) is 3.16. The van der Waals surface area contributed by atoms with Crippen molar-refractivity contribution in [1.29, 1.82) is 0 Å². The van der Waals surface area contributed by atoms with Crippen molar-refractivity contribution < 1.29 is 4.74 Å². The van der Waals surface area contributed by atoms with Crippen LogP contribution < -0.4 is 4.74 Å². The number of aryl methyl sites for hydroxylation is 1. The number of H-pyrrole nitrogens is 1. The second kappa shape index (κ2) is 4.43. The van der Waals surface area contributed by atoms with Gasteiger partial charge < -0.3 is 9.72 Å². The van der Waals surface area contributed by atoms with Crippen LogP contribution in [0.1, 0.15) is 5.69 Å². The monoisotopic (exact) mass is 298 g/mol. The van der Waals surface area contributed by atoms with Crippen molar-refractivity contribution in [1.82, 2.24) is 9.55 Å². The molecular weight excluding hydrogens is 288 g/mol. The van der Waals surface area contributed by atoms with Crippen LogP contribution in [-0.2, 0) is 0 Å². The Morgan fingerprint density at radius 3 is 2.75 bits per heavy atom. The van der Waals surface area contributed by atoms with Crippen LogP contribution in [-0.4, -0.2) is 16.7 Å². The van der Waals surface area contributed by atoms with Gasteiger partial charge >= 0.3 is 0 Å². The Morgan fingerprint density at radius 2 is 2.19 bits per heavy atom. The molecule has 0 radical (unpaired) electrons.